The molecular weight excluding hydrogens is 250 g/mol. The van der Waals surface area contributed by atoms with E-state index in [9.17, 15) is 0 Å². The Morgan fingerprint density at radius 2 is 1.78 bits per heavy atom. The molecule has 0 unspecified atom stereocenters. The van der Waals surface area contributed by atoms with Gasteiger partial charge < -0.3 is 9.47 Å². The largest absolute Gasteiger partial charge is 0.348 e. The van der Waals surface area contributed by atoms with Gasteiger partial charge in [-0.15, -0.1) is 0 Å². The molecule has 1 aromatic heterocycles. The SMILES string of the molecule is CCCCOC(OCCCC)c1ccnc(Cl)c1. The second kappa shape index (κ2) is 9.31. The molecular formula is C14H22ClNO2. The Morgan fingerprint density at radius 1 is 1.17 bits per heavy atom. The number of ether oxygens (including phenoxy) is 2. The predicted molar refractivity (Wildman–Crippen MR) is 73.7 cm³/mol. The van der Waals surface area contributed by atoms with Crippen LogP contribution < -0.4 is 0 Å². The highest BCUT2D eigenvalue weighted by molar-refractivity contribution is 6.29. The molecule has 0 aliphatic carbocycles. The molecule has 0 bridgehead atoms. The topological polar surface area (TPSA) is 31.4 Å². The minimum atomic E-state index is -0.330. The highest BCUT2D eigenvalue weighted by atomic mass is 35.5. The predicted octanol–water partition coefficient (Wildman–Crippen LogP) is 4.37. The first-order chi connectivity index (χ1) is 8.77. The van der Waals surface area contributed by atoms with Crippen molar-refractivity contribution >= 4 is 11.6 Å². The first-order valence-corrected chi connectivity index (χ1v) is 7.00. The molecule has 0 N–H and O–H groups in total. The second-order valence-electron chi connectivity index (χ2n) is 4.19. The Labute approximate surface area is 114 Å². The molecule has 4 heteroatoms. The molecule has 0 atom stereocenters. The van der Waals surface area contributed by atoms with Gasteiger partial charge in [0.25, 0.3) is 0 Å². The van der Waals surface area contributed by atoms with E-state index in [0.717, 1.165) is 31.2 Å². The molecule has 1 aromatic rings. The minimum absolute atomic E-state index is 0.330. The van der Waals surface area contributed by atoms with Gasteiger partial charge in [-0.3, -0.25) is 0 Å². The van der Waals surface area contributed by atoms with Crippen LogP contribution in [0.4, 0.5) is 0 Å². The Morgan fingerprint density at radius 3 is 2.28 bits per heavy atom. The molecule has 0 saturated carbocycles. The van der Waals surface area contributed by atoms with Crippen LogP contribution in [0, 0.1) is 0 Å². The van der Waals surface area contributed by atoms with Crippen LogP contribution in [0.15, 0.2) is 18.3 Å². The lowest BCUT2D eigenvalue weighted by molar-refractivity contribution is -0.148. The van der Waals surface area contributed by atoms with Crippen LogP contribution in [-0.4, -0.2) is 18.2 Å². The first kappa shape index (κ1) is 15.4. The van der Waals surface area contributed by atoms with Gasteiger partial charge in [-0.05, 0) is 25.0 Å². The number of pyridine rings is 1. The van der Waals surface area contributed by atoms with Crippen molar-refractivity contribution in [3.63, 3.8) is 0 Å². The van der Waals surface area contributed by atoms with Crippen molar-refractivity contribution in [1.29, 1.82) is 0 Å². The van der Waals surface area contributed by atoms with Crippen molar-refractivity contribution in [3.8, 4) is 0 Å². The maximum Gasteiger partial charge on any atom is 0.183 e. The summed E-state index contributed by atoms with van der Waals surface area (Å²) in [5.41, 5.74) is 0.933. The normalized spacial score (nSPS) is 11.1. The highest BCUT2D eigenvalue weighted by Gasteiger charge is 2.12. The summed E-state index contributed by atoms with van der Waals surface area (Å²) >= 11 is 5.89. The molecule has 0 saturated heterocycles. The quantitative estimate of drug-likeness (QED) is 0.380. The first-order valence-electron chi connectivity index (χ1n) is 6.62. The molecule has 0 fully saturated rings. The van der Waals surface area contributed by atoms with Crippen molar-refractivity contribution in [3.05, 3.63) is 29.0 Å². The number of nitrogens with zero attached hydrogens (tertiary/aromatic N) is 1. The molecule has 0 aliphatic rings. The van der Waals surface area contributed by atoms with Crippen molar-refractivity contribution in [1.82, 2.24) is 4.98 Å². The number of aromatic nitrogens is 1. The van der Waals surface area contributed by atoms with Crippen LogP contribution >= 0.6 is 11.6 Å². The van der Waals surface area contributed by atoms with Gasteiger partial charge in [-0.25, -0.2) is 4.98 Å². The summed E-state index contributed by atoms with van der Waals surface area (Å²) in [6, 6.07) is 3.68. The fraction of sp³-hybridized carbons (Fsp3) is 0.643. The van der Waals surface area contributed by atoms with Gasteiger partial charge in [-0.1, -0.05) is 38.3 Å². The lowest BCUT2D eigenvalue weighted by Crippen LogP contribution is -2.11. The summed E-state index contributed by atoms with van der Waals surface area (Å²) in [6.07, 6.45) is 5.64. The number of unbranched alkanes of at least 4 members (excludes halogenated alkanes) is 2. The Kier molecular flexibility index (Phi) is 7.98. The van der Waals surface area contributed by atoms with E-state index in [4.69, 9.17) is 21.1 Å². The van der Waals surface area contributed by atoms with Crippen LogP contribution in [0.25, 0.3) is 0 Å². The van der Waals surface area contributed by atoms with Gasteiger partial charge in [0.1, 0.15) is 5.15 Å². The highest BCUT2D eigenvalue weighted by Crippen LogP contribution is 2.21. The minimum Gasteiger partial charge on any atom is -0.348 e. The van der Waals surface area contributed by atoms with E-state index in [1.807, 2.05) is 6.07 Å². The van der Waals surface area contributed by atoms with Crippen molar-refractivity contribution < 1.29 is 9.47 Å². The van der Waals surface area contributed by atoms with E-state index in [-0.39, 0.29) is 6.29 Å². The zero-order valence-corrected chi connectivity index (χ0v) is 11.9. The van der Waals surface area contributed by atoms with Gasteiger partial charge in [0.2, 0.25) is 0 Å². The molecule has 102 valence electrons. The van der Waals surface area contributed by atoms with Crippen LogP contribution in [-0.2, 0) is 9.47 Å². The molecule has 0 amide bonds. The number of halogens is 1. The van der Waals surface area contributed by atoms with Gasteiger partial charge in [0.05, 0.1) is 13.2 Å². The van der Waals surface area contributed by atoms with E-state index in [1.165, 1.54) is 0 Å². The molecule has 3 nitrogen and oxygen atoms in total. The summed E-state index contributed by atoms with van der Waals surface area (Å²) in [7, 11) is 0. The molecule has 1 heterocycles. The fourth-order valence-corrected chi connectivity index (χ4v) is 1.66. The molecule has 0 aliphatic heterocycles. The summed E-state index contributed by atoms with van der Waals surface area (Å²) in [5, 5.41) is 0.468. The second-order valence-corrected chi connectivity index (χ2v) is 4.58. The Balaban J connectivity index is 2.57. The Hall–Kier alpha value is -0.640. The maximum absolute atomic E-state index is 5.89. The van der Waals surface area contributed by atoms with Gasteiger partial charge in [0, 0.05) is 11.8 Å². The number of hydrogen-bond donors (Lipinski definition) is 0. The van der Waals surface area contributed by atoms with E-state index < -0.39 is 0 Å². The van der Waals surface area contributed by atoms with E-state index in [2.05, 4.69) is 18.8 Å². The zero-order chi connectivity index (χ0) is 13.2. The third kappa shape index (κ3) is 5.80. The van der Waals surface area contributed by atoms with Crippen LogP contribution in [0.3, 0.4) is 0 Å². The van der Waals surface area contributed by atoms with Gasteiger partial charge in [0.15, 0.2) is 6.29 Å². The lowest BCUT2D eigenvalue weighted by atomic mass is 10.2. The average Bonchev–Trinajstić information content (AvgIpc) is 2.37. The average molecular weight is 272 g/mol. The number of hydrogen-bond acceptors (Lipinski definition) is 3. The zero-order valence-electron chi connectivity index (χ0n) is 11.2. The molecule has 0 radical (unpaired) electrons. The summed E-state index contributed by atoms with van der Waals surface area (Å²) in [5.74, 6) is 0. The number of rotatable bonds is 9. The third-order valence-electron chi connectivity index (χ3n) is 2.56. The van der Waals surface area contributed by atoms with Crippen LogP contribution in [0.2, 0.25) is 5.15 Å². The molecule has 0 spiro atoms. The monoisotopic (exact) mass is 271 g/mol. The van der Waals surface area contributed by atoms with E-state index >= 15 is 0 Å². The van der Waals surface area contributed by atoms with Crippen LogP contribution in [0.1, 0.15) is 51.4 Å². The fourth-order valence-electron chi connectivity index (χ4n) is 1.47. The maximum atomic E-state index is 5.89. The van der Waals surface area contributed by atoms with Crippen molar-refractivity contribution in [2.75, 3.05) is 13.2 Å². The molecule has 1 rings (SSSR count). The summed E-state index contributed by atoms with van der Waals surface area (Å²) < 4.78 is 11.5. The van der Waals surface area contributed by atoms with Crippen molar-refractivity contribution in [2.45, 2.75) is 45.8 Å². The van der Waals surface area contributed by atoms with E-state index in [0.29, 0.717) is 18.4 Å². The van der Waals surface area contributed by atoms with Crippen LogP contribution in [0.5, 0.6) is 0 Å². The smallest absolute Gasteiger partial charge is 0.183 e. The standard InChI is InChI=1S/C14H22ClNO2/c1-3-5-9-17-14(18-10-6-4-2)12-7-8-16-13(15)11-12/h7-8,11,14H,3-6,9-10H2,1-2H3. The summed E-state index contributed by atoms with van der Waals surface area (Å²) in [6.45, 7) is 5.68. The molecule has 0 aromatic carbocycles. The third-order valence-corrected chi connectivity index (χ3v) is 2.76. The van der Waals surface area contributed by atoms with Gasteiger partial charge in [-0.2, -0.15) is 0 Å². The Bertz CT molecular complexity index is 323. The van der Waals surface area contributed by atoms with Gasteiger partial charge >= 0.3 is 0 Å². The lowest BCUT2D eigenvalue weighted by Gasteiger charge is -2.19. The molecule has 18 heavy (non-hydrogen) atoms. The summed E-state index contributed by atoms with van der Waals surface area (Å²) in [4.78, 5) is 3.97. The van der Waals surface area contributed by atoms with Crippen molar-refractivity contribution in [2.24, 2.45) is 0 Å². The van der Waals surface area contributed by atoms with E-state index in [1.54, 1.807) is 12.3 Å².